The van der Waals surface area contributed by atoms with E-state index in [-0.39, 0.29) is 5.97 Å². The molecule has 0 saturated carbocycles. The number of aromatic nitrogens is 2. The summed E-state index contributed by atoms with van der Waals surface area (Å²) in [5, 5.41) is 1.36. The fourth-order valence-corrected chi connectivity index (χ4v) is 7.79. The molecule has 272 valence electrons. The number of likely N-dealkylation sites (N-methyl/N-ethyl adjacent to an activating group) is 1. The number of aryl methyl sites for hydroxylation is 4. The predicted molar refractivity (Wildman–Crippen MR) is 207 cm³/mol. The van der Waals surface area contributed by atoms with Crippen LogP contribution in [0.1, 0.15) is 163 Å². The van der Waals surface area contributed by atoms with Gasteiger partial charge in [0.15, 0.2) is 0 Å². The first-order valence-corrected chi connectivity index (χ1v) is 20.4. The SMILES string of the molecule is CCCCCCCCCCCCCCCCCCCCCC(=O)OC[N+]1(C)CCc2c(c3cc(C)ccc3n2CCc2ccc(C)nc2)C1. The van der Waals surface area contributed by atoms with Crippen LogP contribution in [0.2, 0.25) is 0 Å². The molecule has 49 heavy (non-hydrogen) atoms. The van der Waals surface area contributed by atoms with Gasteiger partial charge in [-0.25, -0.2) is 0 Å². The third-order valence-electron chi connectivity index (χ3n) is 11.0. The van der Waals surface area contributed by atoms with Crippen LogP contribution in [0.15, 0.2) is 36.5 Å². The summed E-state index contributed by atoms with van der Waals surface area (Å²) in [6.45, 7) is 9.82. The normalized spacial score (nSPS) is 15.9. The number of carbonyl (C=O) groups excluding carboxylic acids is 1. The van der Waals surface area contributed by atoms with E-state index in [0.29, 0.717) is 13.2 Å². The maximum atomic E-state index is 12.7. The number of ether oxygens (including phenoxy) is 1. The second kappa shape index (κ2) is 21.5. The zero-order valence-corrected chi connectivity index (χ0v) is 32.0. The molecule has 0 radical (unpaired) electrons. The minimum absolute atomic E-state index is 0.0258. The van der Waals surface area contributed by atoms with Gasteiger partial charge in [0, 0.05) is 53.4 Å². The van der Waals surface area contributed by atoms with E-state index in [2.05, 4.69) is 60.8 Å². The number of carbonyl (C=O) groups is 1. The molecule has 1 aliphatic heterocycles. The van der Waals surface area contributed by atoms with Crippen molar-refractivity contribution in [3.8, 4) is 0 Å². The molecule has 0 saturated heterocycles. The minimum atomic E-state index is -0.0258. The van der Waals surface area contributed by atoms with Gasteiger partial charge < -0.3 is 9.30 Å². The Morgan fingerprint density at radius 3 is 1.96 bits per heavy atom. The second-order valence-corrected chi connectivity index (χ2v) is 15.7. The topological polar surface area (TPSA) is 44.1 Å². The highest BCUT2D eigenvalue weighted by Crippen LogP contribution is 2.34. The predicted octanol–water partition coefficient (Wildman–Crippen LogP) is 11.7. The summed E-state index contributed by atoms with van der Waals surface area (Å²) < 4.78 is 9.21. The van der Waals surface area contributed by atoms with E-state index >= 15 is 0 Å². The van der Waals surface area contributed by atoms with Crippen LogP contribution >= 0.6 is 0 Å². The first kappa shape index (κ1) is 39.1. The van der Waals surface area contributed by atoms with Crippen LogP contribution in [0.4, 0.5) is 0 Å². The Balaban J connectivity index is 1.06. The number of unbranched alkanes of at least 4 members (excludes halogenated alkanes) is 18. The van der Waals surface area contributed by atoms with E-state index in [4.69, 9.17) is 4.74 Å². The van der Waals surface area contributed by atoms with Gasteiger partial charge in [0.25, 0.3) is 0 Å². The number of hydrogen-bond acceptors (Lipinski definition) is 3. The number of nitrogens with zero attached hydrogens (tertiary/aromatic N) is 3. The van der Waals surface area contributed by atoms with Crippen molar-refractivity contribution >= 4 is 16.9 Å². The zero-order chi connectivity index (χ0) is 34.7. The van der Waals surface area contributed by atoms with Crippen molar-refractivity contribution in [3.63, 3.8) is 0 Å². The van der Waals surface area contributed by atoms with Crippen molar-refractivity contribution in [1.29, 1.82) is 0 Å². The van der Waals surface area contributed by atoms with E-state index in [1.165, 1.54) is 142 Å². The minimum Gasteiger partial charge on any atom is -0.415 e. The molecule has 5 heteroatoms. The van der Waals surface area contributed by atoms with E-state index in [9.17, 15) is 4.79 Å². The lowest BCUT2D eigenvalue weighted by Crippen LogP contribution is -2.49. The highest BCUT2D eigenvalue weighted by atomic mass is 16.5. The van der Waals surface area contributed by atoms with Crippen LogP contribution in [0.5, 0.6) is 0 Å². The van der Waals surface area contributed by atoms with Crippen LogP contribution in [-0.4, -0.2) is 40.3 Å². The van der Waals surface area contributed by atoms with Gasteiger partial charge in [0.1, 0.15) is 6.54 Å². The average Bonchev–Trinajstić information content (AvgIpc) is 3.39. The fourth-order valence-electron chi connectivity index (χ4n) is 7.79. The maximum Gasteiger partial charge on any atom is 0.310 e. The van der Waals surface area contributed by atoms with Gasteiger partial charge in [-0.3, -0.25) is 14.3 Å². The molecule has 0 spiro atoms. The Morgan fingerprint density at radius 2 is 1.39 bits per heavy atom. The van der Waals surface area contributed by atoms with Crippen LogP contribution in [0.25, 0.3) is 10.9 Å². The summed E-state index contributed by atoms with van der Waals surface area (Å²) in [5.41, 5.74) is 7.85. The van der Waals surface area contributed by atoms with E-state index in [1.54, 1.807) is 0 Å². The lowest BCUT2D eigenvalue weighted by Gasteiger charge is -2.37. The number of pyridine rings is 1. The van der Waals surface area contributed by atoms with Gasteiger partial charge in [-0.15, -0.1) is 0 Å². The van der Waals surface area contributed by atoms with Gasteiger partial charge in [0.05, 0.1) is 13.6 Å². The van der Waals surface area contributed by atoms with Gasteiger partial charge >= 0.3 is 5.97 Å². The monoisotopic (exact) mass is 673 g/mol. The first-order valence-electron chi connectivity index (χ1n) is 20.4. The van der Waals surface area contributed by atoms with E-state index in [1.807, 2.05) is 13.1 Å². The summed E-state index contributed by atoms with van der Waals surface area (Å²) in [5.74, 6) is -0.0258. The molecule has 0 fully saturated rings. The molecule has 1 atom stereocenters. The molecule has 1 aromatic carbocycles. The lowest BCUT2D eigenvalue weighted by atomic mass is 10.0. The Bertz CT molecular complexity index is 1380. The van der Waals surface area contributed by atoms with Crippen LogP contribution in [0, 0.1) is 13.8 Å². The fraction of sp³-hybridized carbons (Fsp3) is 0.682. The van der Waals surface area contributed by atoms with Crippen molar-refractivity contribution in [2.75, 3.05) is 20.3 Å². The Morgan fingerprint density at radius 1 is 0.796 bits per heavy atom. The van der Waals surface area contributed by atoms with Crippen molar-refractivity contribution in [3.05, 3.63) is 64.6 Å². The van der Waals surface area contributed by atoms with Gasteiger partial charge in [-0.1, -0.05) is 140 Å². The maximum absolute atomic E-state index is 12.7. The summed E-state index contributed by atoms with van der Waals surface area (Å²) in [6, 6.07) is 11.2. The highest BCUT2D eigenvalue weighted by molar-refractivity contribution is 5.86. The molecule has 0 N–H and O–H groups in total. The largest absolute Gasteiger partial charge is 0.415 e. The zero-order valence-electron chi connectivity index (χ0n) is 32.0. The van der Waals surface area contributed by atoms with Crippen LogP contribution in [0.3, 0.4) is 0 Å². The van der Waals surface area contributed by atoms with Crippen molar-refractivity contribution in [2.24, 2.45) is 0 Å². The third-order valence-corrected chi connectivity index (χ3v) is 11.0. The molecular weight excluding hydrogens is 603 g/mol. The quantitative estimate of drug-likeness (QED) is 0.0511. The van der Waals surface area contributed by atoms with Crippen molar-refractivity contribution < 1.29 is 14.0 Å². The molecular formula is C44H70N3O2+. The van der Waals surface area contributed by atoms with Gasteiger partial charge in [0.2, 0.25) is 6.73 Å². The third kappa shape index (κ3) is 13.5. The Kier molecular flexibility index (Phi) is 17.2. The summed E-state index contributed by atoms with van der Waals surface area (Å²) in [7, 11) is 2.25. The average molecular weight is 673 g/mol. The Labute approximate surface area is 299 Å². The molecule has 5 nitrogen and oxygen atoms in total. The Hall–Kier alpha value is -2.66. The number of rotatable bonds is 25. The molecule has 2 aromatic heterocycles. The first-order chi connectivity index (χ1) is 23.9. The lowest BCUT2D eigenvalue weighted by molar-refractivity contribution is -0.940. The number of fused-ring (bicyclic) bond motifs is 3. The standard InChI is InChI=1S/C44H70N3O2/c1-5-6-7-8-9-10-11-12-13-14-15-16-17-18-19-20-21-22-23-24-44(48)49-36-47(4)32-30-43-41(35-47)40-33-37(2)25-28-42(40)46(43)31-29-39-27-26-38(3)45-34-39/h25-28,33-34H,5-24,29-32,35-36H2,1-4H3/q+1. The summed E-state index contributed by atoms with van der Waals surface area (Å²) in [6.07, 6.45) is 30.5. The number of hydrogen-bond donors (Lipinski definition) is 0. The van der Waals surface area contributed by atoms with Crippen molar-refractivity contribution in [2.45, 2.75) is 175 Å². The number of esters is 1. The molecule has 1 aliphatic rings. The van der Waals surface area contributed by atoms with Gasteiger partial charge in [-0.05, 0) is 50.5 Å². The molecule has 0 aliphatic carbocycles. The molecule has 3 aromatic rings. The molecule has 3 heterocycles. The highest BCUT2D eigenvalue weighted by Gasteiger charge is 2.34. The number of quaternary nitrogens is 1. The molecule has 4 rings (SSSR count). The van der Waals surface area contributed by atoms with Crippen molar-refractivity contribution in [1.82, 2.24) is 9.55 Å². The summed E-state index contributed by atoms with van der Waals surface area (Å²) in [4.78, 5) is 17.2. The summed E-state index contributed by atoms with van der Waals surface area (Å²) >= 11 is 0. The molecule has 1 unspecified atom stereocenters. The van der Waals surface area contributed by atoms with Crippen LogP contribution in [-0.2, 0) is 35.5 Å². The van der Waals surface area contributed by atoms with E-state index < -0.39 is 0 Å². The second-order valence-electron chi connectivity index (χ2n) is 15.7. The van der Waals surface area contributed by atoms with E-state index in [0.717, 1.165) is 55.5 Å². The van der Waals surface area contributed by atoms with Gasteiger partial charge in [-0.2, -0.15) is 0 Å². The smallest absolute Gasteiger partial charge is 0.310 e. The number of benzene rings is 1. The molecule has 0 bridgehead atoms. The molecule has 0 amide bonds. The van der Waals surface area contributed by atoms with Crippen LogP contribution < -0.4 is 0 Å².